The first-order valence-electron chi connectivity index (χ1n) is 15.8. The molecule has 0 atom stereocenters. The molecule has 0 aliphatic carbocycles. The summed E-state index contributed by atoms with van der Waals surface area (Å²) in [6.07, 6.45) is -7.97. The van der Waals surface area contributed by atoms with Crippen molar-refractivity contribution < 1.29 is 94.2 Å². The van der Waals surface area contributed by atoms with Crippen LogP contribution in [0.15, 0.2) is 54.9 Å². The number of methoxy groups -OCH3 is 3. The first-order chi connectivity index (χ1) is 24.7. The maximum Gasteiger partial charge on any atom is 1.00 e. The normalized spacial score (nSPS) is 11.8. The van der Waals surface area contributed by atoms with Crippen molar-refractivity contribution in [1.29, 1.82) is 0 Å². The van der Waals surface area contributed by atoms with E-state index in [0.29, 0.717) is 23.3 Å². The van der Waals surface area contributed by atoms with Gasteiger partial charge in [-0.3, -0.25) is 0 Å². The number of hydrogen-bond donors (Lipinski definition) is 1. The fourth-order valence-corrected chi connectivity index (χ4v) is 5.39. The molecule has 4 rings (SSSR count). The zero-order valence-corrected chi connectivity index (χ0v) is 32.1. The van der Waals surface area contributed by atoms with Gasteiger partial charge in [0.25, 0.3) is 0 Å². The van der Waals surface area contributed by atoms with E-state index >= 15 is 4.39 Å². The fraction of sp³-hybridized carbons (Fsp3) is 0.361. The molecular weight excluding hydrogens is 742 g/mol. The standard InChI is InChI=1S/C36H36F7N3O7.Na/c1-34(2,49)27-13-26(29(50-3)15-28(27)37)25-14-31(52-5)30(51-4)11-21(25)19-46(33-44-16-24(17-45-33)53-8-6-7-32(47)48)18-20-9-22(35(38,39)40)12-23(10-20)36(41,42)43;/h9-17,49H,6-8,18-19H2,1-5H3,(H,47,48);/q;+1/p-1. The average Bonchev–Trinajstić information content (AvgIpc) is 3.08. The van der Waals surface area contributed by atoms with Gasteiger partial charge in [-0.1, -0.05) is 0 Å². The topological polar surface area (TPSA) is 126 Å². The number of benzene rings is 3. The summed E-state index contributed by atoms with van der Waals surface area (Å²) in [5.41, 5.74) is -4.31. The van der Waals surface area contributed by atoms with Crippen molar-refractivity contribution in [2.75, 3.05) is 32.8 Å². The van der Waals surface area contributed by atoms with Gasteiger partial charge in [-0.2, -0.15) is 26.3 Å². The molecule has 1 heterocycles. The van der Waals surface area contributed by atoms with Crippen LogP contribution < -0.4 is 58.5 Å². The summed E-state index contributed by atoms with van der Waals surface area (Å²) < 4.78 is 120. The van der Waals surface area contributed by atoms with Crippen LogP contribution in [0.2, 0.25) is 0 Å². The quantitative estimate of drug-likeness (QED) is 0.109. The number of nitrogens with zero attached hydrogens (tertiary/aromatic N) is 3. The van der Waals surface area contributed by atoms with Crippen LogP contribution >= 0.6 is 0 Å². The van der Waals surface area contributed by atoms with E-state index in [0.717, 1.165) is 6.07 Å². The van der Waals surface area contributed by atoms with E-state index in [1.54, 1.807) is 0 Å². The minimum Gasteiger partial charge on any atom is -0.550 e. The Morgan fingerprint density at radius 2 is 1.35 bits per heavy atom. The van der Waals surface area contributed by atoms with E-state index in [4.69, 9.17) is 18.9 Å². The molecule has 18 heteroatoms. The number of halogens is 7. The number of hydrogen-bond acceptors (Lipinski definition) is 10. The van der Waals surface area contributed by atoms with E-state index in [9.17, 15) is 41.4 Å². The van der Waals surface area contributed by atoms with E-state index in [1.807, 2.05) is 0 Å². The number of aliphatic carboxylic acids is 1. The van der Waals surface area contributed by atoms with Crippen molar-refractivity contribution >= 4 is 11.9 Å². The van der Waals surface area contributed by atoms with Crippen LogP contribution in [0.25, 0.3) is 11.1 Å². The Kier molecular flexibility index (Phi) is 14.6. The molecule has 54 heavy (non-hydrogen) atoms. The molecule has 0 saturated heterocycles. The fourth-order valence-electron chi connectivity index (χ4n) is 5.39. The Morgan fingerprint density at radius 3 is 1.85 bits per heavy atom. The van der Waals surface area contributed by atoms with Gasteiger partial charge in [0.15, 0.2) is 17.2 Å². The number of alkyl halides is 6. The summed E-state index contributed by atoms with van der Waals surface area (Å²) >= 11 is 0. The molecule has 10 nitrogen and oxygen atoms in total. The van der Waals surface area contributed by atoms with Crippen molar-refractivity contribution in [3.63, 3.8) is 0 Å². The number of carbonyl (C=O) groups excluding carboxylic acids is 1. The zero-order chi connectivity index (χ0) is 39.3. The van der Waals surface area contributed by atoms with Crippen LogP contribution in [-0.2, 0) is 35.8 Å². The third kappa shape index (κ3) is 11.1. The van der Waals surface area contributed by atoms with Gasteiger partial charge in [-0.05, 0) is 79.8 Å². The monoisotopic (exact) mass is 777 g/mol. The summed E-state index contributed by atoms with van der Waals surface area (Å²) in [5.74, 6) is -1.67. The van der Waals surface area contributed by atoms with Gasteiger partial charge >= 0.3 is 41.9 Å². The van der Waals surface area contributed by atoms with Crippen LogP contribution in [-0.4, -0.2) is 49.0 Å². The second-order valence-corrected chi connectivity index (χ2v) is 12.3. The number of carboxylic acid groups (broad SMARTS) is 1. The largest absolute Gasteiger partial charge is 1.00 e. The average molecular weight is 778 g/mol. The molecule has 1 aromatic heterocycles. The van der Waals surface area contributed by atoms with Crippen LogP contribution in [0.4, 0.5) is 36.7 Å². The van der Waals surface area contributed by atoms with Crippen molar-refractivity contribution in [3.05, 3.63) is 88.5 Å². The van der Waals surface area contributed by atoms with Gasteiger partial charge < -0.3 is 38.9 Å². The Bertz CT molecular complexity index is 1890. The first-order valence-corrected chi connectivity index (χ1v) is 15.8. The molecule has 0 radical (unpaired) electrons. The van der Waals surface area contributed by atoms with Gasteiger partial charge in [0.1, 0.15) is 11.6 Å². The summed E-state index contributed by atoms with van der Waals surface area (Å²) in [7, 11) is 4.00. The summed E-state index contributed by atoms with van der Waals surface area (Å²) in [6, 6.07) is 6.65. The number of aliphatic hydroxyl groups is 1. The molecule has 0 aliphatic rings. The number of ether oxygens (including phenoxy) is 4. The SMILES string of the molecule is COc1cc(CN(Cc2cc(C(F)(F)F)cc(C(F)(F)F)c2)c2ncc(OCCCC(=O)[O-])cn2)c(-c2cc(C(C)(C)O)c(F)cc2OC)cc1OC.[Na+]. The van der Waals surface area contributed by atoms with Gasteiger partial charge in [0.05, 0.1) is 57.1 Å². The summed E-state index contributed by atoms with van der Waals surface area (Å²) in [4.78, 5) is 20.5. The van der Waals surface area contributed by atoms with E-state index in [-0.39, 0.29) is 107 Å². The Morgan fingerprint density at radius 1 is 0.796 bits per heavy atom. The number of carbonyl (C=O) groups is 1. The zero-order valence-electron chi connectivity index (χ0n) is 30.1. The molecule has 0 spiro atoms. The Balaban J connectivity index is 0.00000784. The van der Waals surface area contributed by atoms with E-state index < -0.39 is 47.4 Å². The second-order valence-electron chi connectivity index (χ2n) is 12.3. The van der Waals surface area contributed by atoms with Gasteiger partial charge in [0.2, 0.25) is 5.95 Å². The Hall–Kier alpha value is -4.32. The minimum absolute atomic E-state index is 0. The molecule has 0 amide bonds. The van der Waals surface area contributed by atoms with E-state index in [2.05, 4.69) is 9.97 Å². The van der Waals surface area contributed by atoms with Gasteiger partial charge in [0, 0.05) is 36.3 Å². The number of carboxylic acids is 1. The maximum atomic E-state index is 15.2. The van der Waals surface area contributed by atoms with Crippen LogP contribution in [0, 0.1) is 5.82 Å². The van der Waals surface area contributed by atoms with Crippen molar-refractivity contribution in [2.45, 2.75) is 57.7 Å². The Labute approximate surface area is 328 Å². The predicted molar refractivity (Wildman–Crippen MR) is 175 cm³/mol. The molecule has 1 N–H and O–H groups in total. The van der Waals surface area contributed by atoms with Crippen molar-refractivity contribution in [1.82, 2.24) is 9.97 Å². The van der Waals surface area contributed by atoms with Gasteiger partial charge in [-0.25, -0.2) is 14.4 Å². The molecule has 0 fully saturated rings. The number of anilines is 1. The van der Waals surface area contributed by atoms with Gasteiger partial charge in [-0.15, -0.1) is 0 Å². The first kappa shape index (κ1) is 44.1. The second kappa shape index (κ2) is 17.9. The molecule has 0 saturated carbocycles. The molecule has 0 aliphatic heterocycles. The third-order valence-electron chi connectivity index (χ3n) is 7.92. The van der Waals surface area contributed by atoms with Crippen LogP contribution in [0.1, 0.15) is 54.5 Å². The minimum atomic E-state index is -5.11. The third-order valence-corrected chi connectivity index (χ3v) is 7.92. The molecule has 286 valence electrons. The van der Waals surface area contributed by atoms with Crippen molar-refractivity contribution in [3.8, 4) is 34.1 Å². The van der Waals surface area contributed by atoms with E-state index in [1.165, 1.54) is 70.7 Å². The maximum absolute atomic E-state index is 15.2. The molecule has 0 bridgehead atoms. The smallest absolute Gasteiger partial charge is 0.550 e. The molecule has 0 unspecified atom stereocenters. The predicted octanol–water partition coefficient (Wildman–Crippen LogP) is 3.69. The van der Waals surface area contributed by atoms with Crippen LogP contribution in [0.3, 0.4) is 0 Å². The number of rotatable bonds is 15. The van der Waals surface area contributed by atoms with Crippen molar-refractivity contribution in [2.24, 2.45) is 0 Å². The number of aromatic nitrogens is 2. The molecular formula is C36H35F7N3NaO7. The summed E-state index contributed by atoms with van der Waals surface area (Å²) in [5, 5.41) is 21.5. The molecule has 3 aromatic carbocycles. The summed E-state index contributed by atoms with van der Waals surface area (Å²) in [6.45, 7) is 1.83. The molecule has 4 aromatic rings. The van der Waals surface area contributed by atoms with Crippen LogP contribution in [0.5, 0.6) is 23.0 Å².